The van der Waals surface area contributed by atoms with Crippen LogP contribution in [0.15, 0.2) is 36.4 Å². The molecule has 2 aromatic carbocycles. The van der Waals surface area contributed by atoms with E-state index in [4.69, 9.17) is 25.8 Å². The second-order valence-electron chi connectivity index (χ2n) is 5.41. The van der Waals surface area contributed by atoms with E-state index >= 15 is 0 Å². The number of hydrogen-bond acceptors (Lipinski definition) is 4. The lowest BCUT2D eigenvalue weighted by atomic mass is 10.2. The van der Waals surface area contributed by atoms with Crippen LogP contribution in [-0.2, 0) is 17.9 Å². The third-order valence-corrected chi connectivity index (χ3v) is 3.87. The minimum absolute atomic E-state index is 0.241. The number of hydrogen-bond donors (Lipinski definition) is 1. The summed E-state index contributed by atoms with van der Waals surface area (Å²) >= 11 is 6.04. The van der Waals surface area contributed by atoms with Crippen molar-refractivity contribution in [2.75, 3.05) is 26.9 Å². The zero-order valence-electron chi connectivity index (χ0n) is 14.5. The summed E-state index contributed by atoms with van der Waals surface area (Å²) in [5.41, 5.74) is 1.81. The molecule has 0 radical (unpaired) electrons. The van der Waals surface area contributed by atoms with Gasteiger partial charge in [0.2, 0.25) is 0 Å². The van der Waals surface area contributed by atoms with E-state index < -0.39 is 0 Å². The minimum Gasteiger partial charge on any atom is -0.490 e. The molecule has 2 aromatic rings. The first-order chi connectivity index (χ1) is 12.1. The molecule has 2 rings (SSSR count). The third-order valence-electron chi connectivity index (χ3n) is 3.52. The van der Waals surface area contributed by atoms with Crippen LogP contribution >= 0.6 is 11.6 Å². The maximum atomic E-state index is 13.1. The van der Waals surface area contributed by atoms with Gasteiger partial charge in [0.25, 0.3) is 0 Å². The molecule has 0 heterocycles. The number of halogens is 2. The zero-order chi connectivity index (χ0) is 18.1. The van der Waals surface area contributed by atoms with Crippen LogP contribution in [0.4, 0.5) is 4.39 Å². The van der Waals surface area contributed by atoms with Crippen LogP contribution in [0.25, 0.3) is 0 Å². The van der Waals surface area contributed by atoms with Gasteiger partial charge in [0.1, 0.15) is 12.4 Å². The first-order valence-electron chi connectivity index (χ1n) is 8.16. The molecule has 0 bridgehead atoms. The molecule has 136 valence electrons. The average molecular weight is 368 g/mol. The summed E-state index contributed by atoms with van der Waals surface area (Å²) in [6, 6.07) is 10.1. The quantitative estimate of drug-likeness (QED) is 0.639. The summed E-state index contributed by atoms with van der Waals surface area (Å²) in [4.78, 5) is 0. The van der Waals surface area contributed by atoms with Gasteiger partial charge >= 0.3 is 0 Å². The second-order valence-corrected chi connectivity index (χ2v) is 5.82. The molecule has 0 aliphatic heterocycles. The Morgan fingerprint density at radius 1 is 1.08 bits per heavy atom. The Balaban J connectivity index is 2.03. The summed E-state index contributed by atoms with van der Waals surface area (Å²) in [6.45, 7) is 4.86. The highest BCUT2D eigenvalue weighted by Gasteiger charge is 2.09. The minimum atomic E-state index is -0.367. The van der Waals surface area contributed by atoms with Crippen LogP contribution in [0.2, 0.25) is 5.02 Å². The van der Waals surface area contributed by atoms with Gasteiger partial charge in [-0.15, -0.1) is 0 Å². The highest BCUT2D eigenvalue weighted by Crippen LogP contribution is 2.30. The van der Waals surface area contributed by atoms with Crippen molar-refractivity contribution in [2.24, 2.45) is 0 Å². The van der Waals surface area contributed by atoms with E-state index in [2.05, 4.69) is 5.32 Å². The molecule has 0 spiro atoms. The molecule has 0 amide bonds. The lowest BCUT2D eigenvalue weighted by Gasteiger charge is -2.14. The molecule has 25 heavy (non-hydrogen) atoms. The van der Waals surface area contributed by atoms with Gasteiger partial charge < -0.3 is 19.5 Å². The SMILES string of the molecule is CCOc1cc(CNCCOC)ccc1OCc1ccc(F)cc1Cl. The van der Waals surface area contributed by atoms with Crippen molar-refractivity contribution >= 4 is 11.6 Å². The fourth-order valence-corrected chi connectivity index (χ4v) is 2.47. The smallest absolute Gasteiger partial charge is 0.161 e. The number of rotatable bonds is 10. The molecular weight excluding hydrogens is 345 g/mol. The first kappa shape index (κ1) is 19.5. The molecule has 0 atom stereocenters. The average Bonchev–Trinajstić information content (AvgIpc) is 2.59. The number of nitrogens with one attached hydrogen (secondary N) is 1. The first-order valence-corrected chi connectivity index (χ1v) is 8.54. The van der Waals surface area contributed by atoms with Gasteiger partial charge in [-0.05, 0) is 36.8 Å². The molecule has 0 unspecified atom stereocenters. The van der Waals surface area contributed by atoms with Crippen molar-refractivity contribution < 1.29 is 18.6 Å². The van der Waals surface area contributed by atoms with Crippen LogP contribution in [0.1, 0.15) is 18.1 Å². The van der Waals surface area contributed by atoms with Crippen molar-refractivity contribution in [1.29, 1.82) is 0 Å². The molecule has 4 nitrogen and oxygen atoms in total. The standard InChI is InChI=1S/C19H23ClFNO3/c1-3-24-19-10-14(12-22-8-9-23-2)4-7-18(19)25-13-15-5-6-16(21)11-17(15)20/h4-7,10-11,22H,3,8-9,12-13H2,1-2H3. The van der Waals surface area contributed by atoms with Gasteiger partial charge in [0, 0.05) is 25.8 Å². The van der Waals surface area contributed by atoms with Gasteiger partial charge in [-0.1, -0.05) is 23.7 Å². The Hall–Kier alpha value is -1.82. The Kier molecular flexibility index (Phi) is 7.98. The van der Waals surface area contributed by atoms with E-state index in [0.717, 1.165) is 17.7 Å². The molecule has 0 aliphatic carbocycles. The fourth-order valence-electron chi connectivity index (χ4n) is 2.25. The predicted octanol–water partition coefficient (Wildman–Crippen LogP) is 4.19. The Morgan fingerprint density at radius 2 is 1.92 bits per heavy atom. The van der Waals surface area contributed by atoms with E-state index in [1.165, 1.54) is 12.1 Å². The fraction of sp³-hybridized carbons (Fsp3) is 0.368. The number of methoxy groups -OCH3 is 1. The maximum Gasteiger partial charge on any atom is 0.161 e. The monoisotopic (exact) mass is 367 g/mol. The van der Waals surface area contributed by atoms with Gasteiger partial charge in [-0.25, -0.2) is 4.39 Å². The summed E-state index contributed by atoms with van der Waals surface area (Å²) < 4.78 is 29.6. The van der Waals surface area contributed by atoms with Gasteiger partial charge in [0.15, 0.2) is 11.5 Å². The lowest BCUT2D eigenvalue weighted by molar-refractivity contribution is 0.199. The van der Waals surface area contributed by atoms with E-state index in [1.54, 1.807) is 13.2 Å². The van der Waals surface area contributed by atoms with Crippen LogP contribution < -0.4 is 14.8 Å². The molecule has 0 aliphatic rings. The van der Waals surface area contributed by atoms with Crippen LogP contribution in [0.3, 0.4) is 0 Å². The molecule has 0 saturated carbocycles. The molecule has 1 N–H and O–H groups in total. The van der Waals surface area contributed by atoms with E-state index in [1.807, 2.05) is 25.1 Å². The normalized spacial score (nSPS) is 10.7. The predicted molar refractivity (Wildman–Crippen MR) is 96.9 cm³/mol. The Labute approximate surface area is 152 Å². The van der Waals surface area contributed by atoms with Crippen molar-refractivity contribution in [3.63, 3.8) is 0 Å². The molecule has 0 aromatic heterocycles. The topological polar surface area (TPSA) is 39.7 Å². The van der Waals surface area contributed by atoms with Crippen molar-refractivity contribution in [3.05, 3.63) is 58.4 Å². The maximum absolute atomic E-state index is 13.1. The van der Waals surface area contributed by atoms with Gasteiger partial charge in [0.05, 0.1) is 18.2 Å². The Morgan fingerprint density at radius 3 is 2.64 bits per heavy atom. The third kappa shape index (κ3) is 6.20. The second kappa shape index (κ2) is 10.2. The number of benzene rings is 2. The lowest BCUT2D eigenvalue weighted by Crippen LogP contribution is -2.18. The van der Waals surface area contributed by atoms with Crippen LogP contribution in [0.5, 0.6) is 11.5 Å². The van der Waals surface area contributed by atoms with Crippen molar-refractivity contribution in [3.8, 4) is 11.5 Å². The summed E-state index contributed by atoms with van der Waals surface area (Å²) in [5.74, 6) is 0.934. The van der Waals surface area contributed by atoms with Crippen LogP contribution in [0, 0.1) is 5.82 Å². The van der Waals surface area contributed by atoms with Crippen molar-refractivity contribution in [2.45, 2.75) is 20.1 Å². The molecule has 0 fully saturated rings. The summed E-state index contributed by atoms with van der Waals surface area (Å²) in [7, 11) is 1.67. The number of ether oxygens (including phenoxy) is 3. The zero-order valence-corrected chi connectivity index (χ0v) is 15.2. The summed E-state index contributed by atoms with van der Waals surface area (Å²) in [6.07, 6.45) is 0. The highest BCUT2D eigenvalue weighted by molar-refractivity contribution is 6.31. The van der Waals surface area contributed by atoms with Gasteiger partial charge in [-0.2, -0.15) is 0 Å². The molecular formula is C19H23ClFNO3. The summed E-state index contributed by atoms with van der Waals surface area (Å²) in [5, 5.41) is 3.63. The Bertz CT molecular complexity index is 682. The van der Waals surface area contributed by atoms with Crippen LogP contribution in [-0.4, -0.2) is 26.9 Å². The van der Waals surface area contributed by atoms with Crippen molar-refractivity contribution in [1.82, 2.24) is 5.32 Å². The molecule has 6 heteroatoms. The van der Waals surface area contributed by atoms with Gasteiger partial charge in [-0.3, -0.25) is 0 Å². The van der Waals surface area contributed by atoms with E-state index in [-0.39, 0.29) is 12.4 Å². The van der Waals surface area contributed by atoms with E-state index in [0.29, 0.717) is 36.3 Å². The highest BCUT2D eigenvalue weighted by atomic mass is 35.5. The largest absolute Gasteiger partial charge is 0.490 e. The molecule has 0 saturated heterocycles. The van der Waals surface area contributed by atoms with E-state index in [9.17, 15) is 4.39 Å².